The topological polar surface area (TPSA) is 62.2 Å². The average Bonchev–Trinajstić information content (AvgIpc) is 2.75. The van der Waals surface area contributed by atoms with Gasteiger partial charge < -0.3 is 10.4 Å². The Morgan fingerprint density at radius 2 is 2.22 bits per heavy atom. The van der Waals surface area contributed by atoms with Crippen molar-refractivity contribution in [1.29, 1.82) is 0 Å². The highest BCUT2D eigenvalue weighted by Crippen LogP contribution is 2.27. The normalized spacial score (nSPS) is 10.3. The van der Waals surface area contributed by atoms with Crippen molar-refractivity contribution in [2.75, 3.05) is 11.9 Å². The van der Waals surface area contributed by atoms with Crippen molar-refractivity contribution in [3.05, 3.63) is 35.2 Å². The molecule has 0 spiro atoms. The van der Waals surface area contributed by atoms with Gasteiger partial charge in [0.1, 0.15) is 18.2 Å². The second-order valence-corrected chi connectivity index (χ2v) is 4.27. The van der Waals surface area contributed by atoms with Crippen molar-refractivity contribution in [2.45, 2.75) is 0 Å². The Morgan fingerprint density at radius 1 is 1.44 bits per heavy atom. The lowest BCUT2D eigenvalue weighted by Crippen LogP contribution is -2.11. The van der Waals surface area contributed by atoms with E-state index in [1.54, 1.807) is 5.38 Å². The van der Waals surface area contributed by atoms with Crippen LogP contribution in [0.4, 0.5) is 13.9 Å². The molecule has 0 aliphatic carbocycles. The second-order valence-electron chi connectivity index (χ2n) is 3.41. The van der Waals surface area contributed by atoms with Gasteiger partial charge in [-0.2, -0.15) is 0 Å². The molecule has 18 heavy (non-hydrogen) atoms. The number of benzene rings is 1. The van der Waals surface area contributed by atoms with Crippen molar-refractivity contribution in [3.8, 4) is 11.3 Å². The van der Waals surface area contributed by atoms with Gasteiger partial charge in [0.25, 0.3) is 0 Å². The number of rotatable bonds is 4. The highest BCUT2D eigenvalue weighted by Gasteiger charge is 2.10. The lowest BCUT2D eigenvalue weighted by Gasteiger charge is -1.99. The van der Waals surface area contributed by atoms with Crippen LogP contribution < -0.4 is 5.32 Å². The Morgan fingerprint density at radius 3 is 2.89 bits per heavy atom. The van der Waals surface area contributed by atoms with Crippen LogP contribution in [0.3, 0.4) is 0 Å². The molecule has 0 saturated carbocycles. The lowest BCUT2D eigenvalue weighted by atomic mass is 10.1. The van der Waals surface area contributed by atoms with Crippen LogP contribution in [0, 0.1) is 11.6 Å². The van der Waals surface area contributed by atoms with E-state index in [9.17, 15) is 13.6 Å². The molecule has 1 heterocycles. The van der Waals surface area contributed by atoms with E-state index in [1.807, 2.05) is 0 Å². The number of thiazole rings is 1. The molecule has 7 heteroatoms. The predicted molar refractivity (Wildman–Crippen MR) is 63.6 cm³/mol. The number of nitrogens with zero attached hydrogens (tertiary/aromatic N) is 1. The summed E-state index contributed by atoms with van der Waals surface area (Å²) in [5.74, 6) is -2.37. The minimum Gasteiger partial charge on any atom is -0.480 e. The first-order valence-electron chi connectivity index (χ1n) is 4.93. The van der Waals surface area contributed by atoms with Crippen LogP contribution >= 0.6 is 11.3 Å². The van der Waals surface area contributed by atoms with Gasteiger partial charge in [-0.1, -0.05) is 0 Å². The van der Waals surface area contributed by atoms with Gasteiger partial charge in [0.15, 0.2) is 5.13 Å². The molecule has 1 aromatic carbocycles. The van der Waals surface area contributed by atoms with Crippen molar-refractivity contribution in [1.82, 2.24) is 4.98 Å². The smallest absolute Gasteiger partial charge is 0.322 e. The molecule has 0 radical (unpaired) electrons. The van der Waals surface area contributed by atoms with Gasteiger partial charge in [-0.25, -0.2) is 13.8 Å². The number of carboxylic acid groups (broad SMARTS) is 1. The quantitative estimate of drug-likeness (QED) is 0.896. The number of aromatic nitrogens is 1. The molecular formula is C11H8F2N2O2S. The van der Waals surface area contributed by atoms with Crippen LogP contribution in [-0.2, 0) is 4.79 Å². The summed E-state index contributed by atoms with van der Waals surface area (Å²) in [5, 5.41) is 13.0. The standard InChI is InChI=1S/C11H8F2N2O2S/c12-6-1-2-7(8(13)3-6)9-5-18-11(15-9)14-4-10(16)17/h1-3,5H,4H2,(H,14,15)(H,16,17). The van der Waals surface area contributed by atoms with Crippen LogP contribution in [0.2, 0.25) is 0 Å². The molecule has 0 amide bonds. The maximum absolute atomic E-state index is 13.5. The van der Waals surface area contributed by atoms with Gasteiger partial charge >= 0.3 is 5.97 Å². The maximum atomic E-state index is 13.5. The highest BCUT2D eigenvalue weighted by atomic mass is 32.1. The molecule has 0 saturated heterocycles. The zero-order valence-electron chi connectivity index (χ0n) is 8.98. The van der Waals surface area contributed by atoms with E-state index in [4.69, 9.17) is 5.11 Å². The Hall–Kier alpha value is -2.02. The summed E-state index contributed by atoms with van der Waals surface area (Å²) in [4.78, 5) is 14.4. The van der Waals surface area contributed by atoms with Crippen molar-refractivity contribution >= 4 is 22.4 Å². The van der Waals surface area contributed by atoms with Crippen molar-refractivity contribution < 1.29 is 18.7 Å². The van der Waals surface area contributed by atoms with E-state index >= 15 is 0 Å². The fourth-order valence-electron chi connectivity index (χ4n) is 1.33. The minimum absolute atomic E-state index is 0.177. The molecule has 0 bridgehead atoms. The van der Waals surface area contributed by atoms with Crippen LogP contribution in [0.25, 0.3) is 11.3 Å². The molecule has 1 aromatic heterocycles. The highest BCUT2D eigenvalue weighted by molar-refractivity contribution is 7.14. The summed E-state index contributed by atoms with van der Waals surface area (Å²) >= 11 is 1.15. The van der Waals surface area contributed by atoms with Crippen LogP contribution in [-0.4, -0.2) is 22.6 Å². The average molecular weight is 270 g/mol. The summed E-state index contributed by atoms with van der Waals surface area (Å²) in [6.07, 6.45) is 0. The first kappa shape index (κ1) is 12.4. The van der Waals surface area contributed by atoms with Crippen LogP contribution in [0.5, 0.6) is 0 Å². The molecular weight excluding hydrogens is 262 g/mol. The molecule has 0 aliphatic rings. The summed E-state index contributed by atoms with van der Waals surface area (Å²) in [5.41, 5.74) is 0.515. The lowest BCUT2D eigenvalue weighted by molar-refractivity contribution is -0.134. The molecule has 2 N–H and O–H groups in total. The van der Waals surface area contributed by atoms with Gasteiger partial charge in [0.05, 0.1) is 5.69 Å². The van der Waals surface area contributed by atoms with Gasteiger partial charge in [0, 0.05) is 17.0 Å². The SMILES string of the molecule is O=C(O)CNc1nc(-c2ccc(F)cc2F)cs1. The molecule has 94 valence electrons. The molecule has 4 nitrogen and oxygen atoms in total. The largest absolute Gasteiger partial charge is 0.480 e. The van der Waals surface area contributed by atoms with E-state index in [-0.39, 0.29) is 12.1 Å². The second kappa shape index (κ2) is 5.09. The first-order chi connectivity index (χ1) is 8.56. The minimum atomic E-state index is -1.01. The Bertz CT molecular complexity index is 586. The van der Waals surface area contributed by atoms with Crippen LogP contribution in [0.15, 0.2) is 23.6 Å². The van der Waals surface area contributed by atoms with E-state index in [1.165, 1.54) is 6.07 Å². The number of anilines is 1. The van der Waals surface area contributed by atoms with Gasteiger partial charge in [-0.05, 0) is 12.1 Å². The fourth-order valence-corrected chi connectivity index (χ4v) is 2.04. The Labute approximate surface area is 105 Å². The molecule has 0 aliphatic heterocycles. The summed E-state index contributed by atoms with van der Waals surface area (Å²) in [7, 11) is 0. The predicted octanol–water partition coefficient (Wildman–Crippen LogP) is 2.58. The Kier molecular flexibility index (Phi) is 3.52. The number of nitrogens with one attached hydrogen (secondary N) is 1. The monoisotopic (exact) mass is 270 g/mol. The zero-order valence-corrected chi connectivity index (χ0v) is 9.80. The molecule has 0 atom stereocenters. The molecule has 2 aromatic rings. The number of halogens is 2. The number of aliphatic carboxylic acids is 1. The van der Waals surface area contributed by atoms with Gasteiger partial charge in [-0.3, -0.25) is 4.79 Å². The van der Waals surface area contributed by atoms with E-state index in [2.05, 4.69) is 10.3 Å². The van der Waals surface area contributed by atoms with Crippen LogP contribution in [0.1, 0.15) is 0 Å². The van der Waals surface area contributed by atoms with E-state index < -0.39 is 17.6 Å². The van der Waals surface area contributed by atoms with Crippen molar-refractivity contribution in [2.24, 2.45) is 0 Å². The van der Waals surface area contributed by atoms with Gasteiger partial charge in [-0.15, -0.1) is 11.3 Å². The summed E-state index contributed by atoms with van der Waals surface area (Å²) in [6.45, 7) is -0.265. The van der Waals surface area contributed by atoms with Gasteiger partial charge in [0.2, 0.25) is 0 Å². The number of carboxylic acids is 1. The zero-order chi connectivity index (χ0) is 13.1. The molecule has 2 rings (SSSR count). The molecule has 0 fully saturated rings. The molecule has 0 unspecified atom stereocenters. The van der Waals surface area contributed by atoms with E-state index in [0.717, 1.165) is 23.5 Å². The third-order valence-electron chi connectivity index (χ3n) is 2.10. The van der Waals surface area contributed by atoms with Crippen molar-refractivity contribution in [3.63, 3.8) is 0 Å². The summed E-state index contributed by atoms with van der Waals surface area (Å²) in [6, 6.07) is 3.21. The van der Waals surface area contributed by atoms with E-state index in [0.29, 0.717) is 10.8 Å². The number of hydrogen-bond acceptors (Lipinski definition) is 4. The third-order valence-corrected chi connectivity index (χ3v) is 2.90. The third kappa shape index (κ3) is 2.80. The Balaban J connectivity index is 2.21. The maximum Gasteiger partial charge on any atom is 0.322 e. The number of carbonyl (C=O) groups is 1. The first-order valence-corrected chi connectivity index (χ1v) is 5.81. The number of hydrogen-bond donors (Lipinski definition) is 2. The summed E-state index contributed by atoms with van der Waals surface area (Å²) < 4.78 is 26.2. The fraction of sp³-hybridized carbons (Fsp3) is 0.0909.